The van der Waals surface area contributed by atoms with Crippen LogP contribution in [0.2, 0.25) is 4.34 Å². The first-order chi connectivity index (χ1) is 19.9. The van der Waals surface area contributed by atoms with Crippen molar-refractivity contribution in [3.8, 4) is 11.3 Å². The molecule has 1 fully saturated rings. The number of hydrogen-bond donors (Lipinski definition) is 2. The number of thiophene rings is 1. The second kappa shape index (κ2) is 12.0. The SMILES string of the molecule is Cc1ccc(-c2cc(CNC(=O)[C@@H]3CC(F)(F)CN3S(=O)(=O)c3ccc(Cl)s3)cc(NC(C)c3ccccn3)n2)cc1. The van der Waals surface area contributed by atoms with Crippen LogP contribution in [0, 0.1) is 6.92 Å². The number of sulfonamides is 1. The third kappa shape index (κ3) is 6.78. The van der Waals surface area contributed by atoms with Crippen molar-refractivity contribution >= 4 is 44.7 Å². The van der Waals surface area contributed by atoms with Gasteiger partial charge < -0.3 is 10.6 Å². The lowest BCUT2D eigenvalue weighted by Crippen LogP contribution is -2.45. The minimum absolute atomic E-state index is 0.0341. The number of rotatable bonds is 9. The Balaban J connectivity index is 1.39. The largest absolute Gasteiger partial charge is 0.362 e. The number of benzene rings is 1. The summed E-state index contributed by atoms with van der Waals surface area (Å²) in [5.74, 6) is -3.64. The molecule has 2 N–H and O–H groups in total. The predicted molar refractivity (Wildman–Crippen MR) is 159 cm³/mol. The average molecular weight is 632 g/mol. The van der Waals surface area contributed by atoms with E-state index in [-0.39, 0.29) is 21.1 Å². The molecule has 1 amide bonds. The summed E-state index contributed by atoms with van der Waals surface area (Å²) in [4.78, 5) is 22.4. The Kier molecular flexibility index (Phi) is 8.61. The Bertz CT molecular complexity index is 1690. The lowest BCUT2D eigenvalue weighted by atomic mass is 10.1. The smallest absolute Gasteiger partial charge is 0.263 e. The molecule has 0 spiro atoms. The topological polar surface area (TPSA) is 104 Å². The van der Waals surface area contributed by atoms with Crippen molar-refractivity contribution in [3.05, 3.63) is 94.1 Å². The van der Waals surface area contributed by atoms with Crippen molar-refractivity contribution in [2.24, 2.45) is 0 Å². The number of nitrogens with one attached hydrogen (secondary N) is 2. The van der Waals surface area contributed by atoms with E-state index in [9.17, 15) is 22.0 Å². The summed E-state index contributed by atoms with van der Waals surface area (Å²) in [6.45, 7) is 2.80. The van der Waals surface area contributed by atoms with E-state index in [1.54, 1.807) is 18.3 Å². The van der Waals surface area contributed by atoms with E-state index in [1.807, 2.05) is 56.3 Å². The third-order valence-corrected chi connectivity index (χ3v) is 10.4. The van der Waals surface area contributed by atoms with Crippen molar-refractivity contribution < 1.29 is 22.0 Å². The van der Waals surface area contributed by atoms with Gasteiger partial charge in [0, 0.05) is 24.7 Å². The number of aromatic nitrogens is 2. The molecule has 0 bridgehead atoms. The zero-order chi connectivity index (χ0) is 30.1. The minimum atomic E-state index is -4.36. The minimum Gasteiger partial charge on any atom is -0.362 e. The lowest BCUT2D eigenvalue weighted by molar-refractivity contribution is -0.124. The van der Waals surface area contributed by atoms with Gasteiger partial charge in [-0.05, 0) is 55.8 Å². The van der Waals surface area contributed by atoms with Crippen LogP contribution in [0.4, 0.5) is 14.6 Å². The lowest BCUT2D eigenvalue weighted by Gasteiger charge is -2.22. The normalized spacial score (nSPS) is 17.6. The maximum atomic E-state index is 14.5. The molecule has 13 heteroatoms. The summed E-state index contributed by atoms with van der Waals surface area (Å²) in [5, 5.41) is 6.01. The first kappa shape index (κ1) is 30.0. The fourth-order valence-corrected chi connectivity index (χ4v) is 7.91. The molecule has 5 rings (SSSR count). The third-order valence-electron chi connectivity index (χ3n) is 6.84. The Morgan fingerprint density at radius 2 is 1.93 bits per heavy atom. The standard InChI is InChI=1S/C29H28ClF2N5O3S2/c1-18-6-8-21(9-7-18)23-13-20(14-26(36-23)35-19(2)22-5-3-4-12-33-22)16-34-28(38)24-15-29(31,32)17-37(24)42(39,40)27-11-10-25(30)41-27/h3-14,19,24H,15-17H2,1-2H3,(H,34,38)(H,35,36)/t19?,24-/m0/s1. The molecule has 4 aromatic rings. The van der Waals surface area contributed by atoms with E-state index >= 15 is 0 Å². The molecule has 0 radical (unpaired) electrons. The number of hydrogen-bond acceptors (Lipinski definition) is 7. The van der Waals surface area contributed by atoms with Gasteiger partial charge in [-0.2, -0.15) is 4.31 Å². The van der Waals surface area contributed by atoms with Gasteiger partial charge in [0.05, 0.1) is 28.3 Å². The van der Waals surface area contributed by atoms with E-state index in [0.717, 1.165) is 28.2 Å². The van der Waals surface area contributed by atoms with Crippen molar-refractivity contribution in [2.75, 3.05) is 11.9 Å². The number of anilines is 1. The van der Waals surface area contributed by atoms with Crippen LogP contribution in [0.15, 0.2) is 77.1 Å². The van der Waals surface area contributed by atoms with Crippen LogP contribution in [-0.4, -0.2) is 47.1 Å². The number of alkyl halides is 2. The number of nitrogens with zero attached hydrogens (tertiary/aromatic N) is 3. The molecule has 1 aliphatic heterocycles. The van der Waals surface area contributed by atoms with Gasteiger partial charge in [0.1, 0.15) is 16.1 Å². The maximum absolute atomic E-state index is 14.5. The maximum Gasteiger partial charge on any atom is 0.263 e. The summed E-state index contributed by atoms with van der Waals surface area (Å²) >= 11 is 6.64. The summed E-state index contributed by atoms with van der Waals surface area (Å²) in [6.07, 6.45) is 0.782. The van der Waals surface area contributed by atoms with Crippen LogP contribution in [0.25, 0.3) is 11.3 Å². The predicted octanol–water partition coefficient (Wildman–Crippen LogP) is 6.05. The molecule has 1 aliphatic rings. The first-order valence-corrected chi connectivity index (χ1v) is 15.7. The van der Waals surface area contributed by atoms with E-state index < -0.39 is 40.9 Å². The second-order valence-electron chi connectivity index (χ2n) is 10.1. The fraction of sp³-hybridized carbons (Fsp3) is 0.276. The number of carbonyl (C=O) groups excluding carboxylic acids is 1. The van der Waals surface area contributed by atoms with Gasteiger partial charge in [-0.3, -0.25) is 9.78 Å². The molecule has 0 aliphatic carbocycles. The van der Waals surface area contributed by atoms with Crippen LogP contribution in [-0.2, 0) is 21.4 Å². The first-order valence-electron chi connectivity index (χ1n) is 13.1. The number of aryl methyl sites for hydroxylation is 1. The molecular weight excluding hydrogens is 604 g/mol. The molecule has 8 nitrogen and oxygen atoms in total. The zero-order valence-electron chi connectivity index (χ0n) is 22.7. The van der Waals surface area contributed by atoms with E-state index in [0.29, 0.717) is 21.4 Å². The molecule has 4 heterocycles. The van der Waals surface area contributed by atoms with Gasteiger partial charge in [0.2, 0.25) is 5.91 Å². The Morgan fingerprint density at radius 1 is 1.17 bits per heavy atom. The monoisotopic (exact) mass is 631 g/mol. The van der Waals surface area contributed by atoms with Crippen molar-refractivity contribution in [2.45, 2.75) is 49.0 Å². The van der Waals surface area contributed by atoms with Crippen LogP contribution in [0.5, 0.6) is 0 Å². The fourth-order valence-electron chi connectivity index (χ4n) is 4.69. The Morgan fingerprint density at radius 3 is 2.60 bits per heavy atom. The van der Waals surface area contributed by atoms with Crippen molar-refractivity contribution in [1.82, 2.24) is 19.6 Å². The van der Waals surface area contributed by atoms with Gasteiger partial charge in [-0.1, -0.05) is 47.5 Å². The van der Waals surface area contributed by atoms with Crippen LogP contribution >= 0.6 is 22.9 Å². The molecule has 220 valence electrons. The van der Waals surface area contributed by atoms with E-state index in [2.05, 4.69) is 15.6 Å². The molecule has 0 saturated carbocycles. The highest BCUT2D eigenvalue weighted by atomic mass is 35.5. The molecule has 3 aromatic heterocycles. The molecular formula is C29H28ClF2N5O3S2. The van der Waals surface area contributed by atoms with E-state index in [1.165, 1.54) is 12.1 Å². The van der Waals surface area contributed by atoms with Crippen LogP contribution < -0.4 is 10.6 Å². The summed E-state index contributed by atoms with van der Waals surface area (Å²) in [6, 6.07) is 17.8. The Hall–Kier alpha value is -3.45. The average Bonchev–Trinajstić information content (AvgIpc) is 3.55. The zero-order valence-corrected chi connectivity index (χ0v) is 25.1. The van der Waals surface area contributed by atoms with Gasteiger partial charge in [-0.15, -0.1) is 11.3 Å². The van der Waals surface area contributed by atoms with Gasteiger partial charge >= 0.3 is 0 Å². The van der Waals surface area contributed by atoms with Gasteiger partial charge in [0.25, 0.3) is 15.9 Å². The molecule has 1 saturated heterocycles. The molecule has 1 aromatic carbocycles. The molecule has 2 atom stereocenters. The Labute approximate surface area is 251 Å². The summed E-state index contributed by atoms with van der Waals surface area (Å²) in [7, 11) is -4.36. The highest BCUT2D eigenvalue weighted by Gasteiger charge is 2.53. The number of pyridine rings is 2. The highest BCUT2D eigenvalue weighted by molar-refractivity contribution is 7.91. The van der Waals surface area contributed by atoms with Crippen LogP contribution in [0.3, 0.4) is 0 Å². The number of carbonyl (C=O) groups is 1. The summed E-state index contributed by atoms with van der Waals surface area (Å²) in [5.41, 5.74) is 4.04. The second-order valence-corrected chi connectivity index (χ2v) is 14.0. The number of amides is 1. The molecule has 42 heavy (non-hydrogen) atoms. The quantitative estimate of drug-likeness (QED) is 0.233. The van der Waals surface area contributed by atoms with Gasteiger partial charge in [0.15, 0.2) is 0 Å². The van der Waals surface area contributed by atoms with Gasteiger partial charge in [-0.25, -0.2) is 22.2 Å². The van der Waals surface area contributed by atoms with Crippen molar-refractivity contribution in [3.63, 3.8) is 0 Å². The summed E-state index contributed by atoms with van der Waals surface area (Å²) < 4.78 is 55.8. The number of halogens is 3. The highest BCUT2D eigenvalue weighted by Crippen LogP contribution is 2.38. The molecule has 1 unspecified atom stereocenters. The van der Waals surface area contributed by atoms with Crippen molar-refractivity contribution in [1.29, 1.82) is 0 Å². The van der Waals surface area contributed by atoms with Crippen LogP contribution in [0.1, 0.15) is 36.2 Å². The van der Waals surface area contributed by atoms with E-state index in [4.69, 9.17) is 16.6 Å².